The van der Waals surface area contributed by atoms with E-state index >= 15 is 0 Å². The summed E-state index contributed by atoms with van der Waals surface area (Å²) in [4.78, 5) is 12.8. The van der Waals surface area contributed by atoms with Crippen LogP contribution in [0, 0.1) is 6.92 Å². The fraction of sp³-hybridized carbons (Fsp3) is 0.200. The molecule has 0 aliphatic rings. The molecule has 0 radical (unpaired) electrons. The van der Waals surface area contributed by atoms with E-state index in [0.29, 0.717) is 17.2 Å². The van der Waals surface area contributed by atoms with Crippen LogP contribution in [0.4, 0.5) is 5.69 Å². The summed E-state index contributed by atoms with van der Waals surface area (Å²) < 4.78 is 38.6. The third-order valence-electron chi connectivity index (χ3n) is 5.11. The zero-order valence-electron chi connectivity index (χ0n) is 19.5. The lowest BCUT2D eigenvalue weighted by Crippen LogP contribution is -2.40. The van der Waals surface area contributed by atoms with Gasteiger partial charge in [0.25, 0.3) is 15.9 Å². The first kappa shape index (κ1) is 24.8. The Labute approximate surface area is 199 Å². The predicted octanol–water partition coefficient (Wildman–Crippen LogP) is 3.75. The largest absolute Gasteiger partial charge is 0.497 e. The molecule has 3 aromatic rings. The molecule has 0 fully saturated rings. The van der Waals surface area contributed by atoms with E-state index in [1.807, 2.05) is 31.2 Å². The van der Waals surface area contributed by atoms with Crippen molar-refractivity contribution in [3.05, 3.63) is 83.9 Å². The van der Waals surface area contributed by atoms with Gasteiger partial charge in [0.2, 0.25) is 0 Å². The van der Waals surface area contributed by atoms with Crippen LogP contribution in [0.5, 0.6) is 11.5 Å². The van der Waals surface area contributed by atoms with Crippen LogP contribution in [0.25, 0.3) is 0 Å². The van der Waals surface area contributed by atoms with Crippen molar-refractivity contribution in [3.8, 4) is 11.5 Å². The van der Waals surface area contributed by atoms with Crippen LogP contribution in [0.15, 0.2) is 82.8 Å². The van der Waals surface area contributed by atoms with E-state index in [0.717, 1.165) is 15.4 Å². The van der Waals surface area contributed by atoms with Crippen LogP contribution in [0.1, 0.15) is 18.1 Å². The highest BCUT2D eigenvalue weighted by molar-refractivity contribution is 7.92. The number of hydrogen-bond donors (Lipinski definition) is 1. The molecule has 3 rings (SSSR count). The van der Waals surface area contributed by atoms with Crippen LogP contribution in [0.3, 0.4) is 0 Å². The molecule has 0 heterocycles. The Bertz CT molecular complexity index is 1270. The Morgan fingerprint density at radius 1 is 0.941 bits per heavy atom. The van der Waals surface area contributed by atoms with Gasteiger partial charge < -0.3 is 9.47 Å². The van der Waals surface area contributed by atoms with Crippen molar-refractivity contribution >= 4 is 27.3 Å². The summed E-state index contributed by atoms with van der Waals surface area (Å²) in [7, 11) is -1.18. The van der Waals surface area contributed by atoms with Gasteiger partial charge in [0.1, 0.15) is 18.0 Å². The van der Waals surface area contributed by atoms with Gasteiger partial charge in [0, 0.05) is 0 Å². The predicted molar refractivity (Wildman–Crippen MR) is 132 cm³/mol. The number of carbonyl (C=O) groups is 1. The molecule has 0 spiro atoms. The van der Waals surface area contributed by atoms with Gasteiger partial charge in [-0.25, -0.2) is 13.8 Å². The van der Waals surface area contributed by atoms with Gasteiger partial charge in [-0.15, -0.1) is 0 Å². The van der Waals surface area contributed by atoms with E-state index in [4.69, 9.17) is 9.47 Å². The number of sulfonamides is 1. The average Bonchev–Trinajstić information content (AvgIpc) is 2.86. The number of para-hydroxylation sites is 2. The summed E-state index contributed by atoms with van der Waals surface area (Å²) in [6, 6.07) is 20.2. The van der Waals surface area contributed by atoms with Crippen LogP contribution >= 0.6 is 0 Å². The molecule has 1 amide bonds. The fourth-order valence-corrected chi connectivity index (χ4v) is 4.61. The van der Waals surface area contributed by atoms with Gasteiger partial charge in [-0.1, -0.05) is 42.0 Å². The van der Waals surface area contributed by atoms with Gasteiger partial charge in [0.05, 0.1) is 30.5 Å². The van der Waals surface area contributed by atoms with E-state index in [1.54, 1.807) is 43.3 Å². The minimum Gasteiger partial charge on any atom is -0.497 e. The number of aryl methyl sites for hydroxylation is 1. The van der Waals surface area contributed by atoms with Crippen molar-refractivity contribution in [3.63, 3.8) is 0 Å². The summed E-state index contributed by atoms with van der Waals surface area (Å²) >= 11 is 0. The van der Waals surface area contributed by atoms with Crippen molar-refractivity contribution in [1.29, 1.82) is 0 Å². The van der Waals surface area contributed by atoms with Crippen molar-refractivity contribution in [2.75, 3.05) is 25.1 Å². The molecule has 0 aromatic heterocycles. The minimum absolute atomic E-state index is 0.00587. The zero-order valence-corrected chi connectivity index (χ0v) is 20.3. The zero-order chi connectivity index (χ0) is 24.7. The number of amides is 1. The molecule has 0 unspecified atom stereocenters. The summed E-state index contributed by atoms with van der Waals surface area (Å²) in [5, 5.41) is 4.14. The van der Waals surface area contributed by atoms with E-state index < -0.39 is 22.5 Å². The molecule has 0 aliphatic carbocycles. The summed E-state index contributed by atoms with van der Waals surface area (Å²) in [6.45, 7) is 3.24. The van der Waals surface area contributed by atoms with Gasteiger partial charge in [-0.05, 0) is 55.8 Å². The molecule has 178 valence electrons. The summed E-state index contributed by atoms with van der Waals surface area (Å²) in [5.74, 6) is 0.225. The number of ether oxygens (including phenoxy) is 2. The Morgan fingerprint density at radius 3 is 2.21 bits per heavy atom. The van der Waals surface area contributed by atoms with Crippen molar-refractivity contribution < 1.29 is 22.7 Å². The topological polar surface area (TPSA) is 97.3 Å². The molecule has 0 aliphatic heterocycles. The first-order valence-corrected chi connectivity index (χ1v) is 11.9. The third kappa shape index (κ3) is 5.74. The second kappa shape index (κ2) is 10.8. The number of benzene rings is 3. The molecule has 8 nitrogen and oxygen atoms in total. The quantitative estimate of drug-likeness (QED) is 0.371. The molecule has 1 N–H and O–H groups in total. The standard InChI is InChI=1S/C25H27N3O5S/c1-18-9-11-20(12-10-18)19(2)26-27-25(29)17-28(23-7-5-6-8-24(23)33-4)34(30,31)22-15-13-21(32-3)14-16-22/h5-16H,17H2,1-4H3,(H,27,29)/b26-19-. The van der Waals surface area contributed by atoms with Crippen molar-refractivity contribution in [2.24, 2.45) is 5.10 Å². The molecule has 9 heteroatoms. The van der Waals surface area contributed by atoms with Crippen molar-refractivity contribution in [2.45, 2.75) is 18.7 Å². The number of nitrogens with zero attached hydrogens (tertiary/aromatic N) is 2. The lowest BCUT2D eigenvalue weighted by atomic mass is 10.1. The maximum absolute atomic E-state index is 13.5. The van der Waals surface area contributed by atoms with Gasteiger partial charge in [0.15, 0.2) is 0 Å². The molecule has 0 saturated heterocycles. The number of hydrazone groups is 1. The number of anilines is 1. The van der Waals surface area contributed by atoms with Gasteiger partial charge in [-0.3, -0.25) is 9.10 Å². The van der Waals surface area contributed by atoms with Crippen LogP contribution in [-0.4, -0.2) is 40.8 Å². The smallest absolute Gasteiger partial charge is 0.264 e. The van der Waals surface area contributed by atoms with E-state index in [2.05, 4.69) is 10.5 Å². The lowest BCUT2D eigenvalue weighted by Gasteiger charge is -2.25. The maximum atomic E-state index is 13.5. The van der Waals surface area contributed by atoms with Crippen LogP contribution in [0.2, 0.25) is 0 Å². The number of rotatable bonds is 9. The number of methoxy groups -OCH3 is 2. The average molecular weight is 482 g/mol. The second-order valence-corrected chi connectivity index (χ2v) is 9.32. The first-order valence-electron chi connectivity index (χ1n) is 10.5. The molecular formula is C25H27N3O5S. The molecule has 0 bridgehead atoms. The number of carbonyl (C=O) groups excluding carboxylic acids is 1. The van der Waals surface area contributed by atoms with E-state index in [-0.39, 0.29) is 10.6 Å². The Morgan fingerprint density at radius 2 is 1.59 bits per heavy atom. The van der Waals surface area contributed by atoms with Gasteiger partial charge in [-0.2, -0.15) is 5.10 Å². The SMILES string of the molecule is COc1ccc(S(=O)(=O)N(CC(=O)N/N=C(/C)c2ccc(C)cc2)c2ccccc2OC)cc1. The minimum atomic E-state index is -4.11. The molecule has 3 aromatic carbocycles. The van der Waals surface area contributed by atoms with Crippen molar-refractivity contribution in [1.82, 2.24) is 5.43 Å². The van der Waals surface area contributed by atoms with Crippen LogP contribution in [-0.2, 0) is 14.8 Å². The third-order valence-corrected chi connectivity index (χ3v) is 6.88. The Kier molecular flexibility index (Phi) is 7.91. The summed E-state index contributed by atoms with van der Waals surface area (Å²) in [6.07, 6.45) is 0. The van der Waals surface area contributed by atoms with E-state index in [1.165, 1.54) is 26.4 Å². The number of hydrogen-bond acceptors (Lipinski definition) is 6. The highest BCUT2D eigenvalue weighted by Gasteiger charge is 2.29. The maximum Gasteiger partial charge on any atom is 0.264 e. The highest BCUT2D eigenvalue weighted by Crippen LogP contribution is 2.32. The Hall–Kier alpha value is -3.85. The van der Waals surface area contributed by atoms with Crippen LogP contribution < -0.4 is 19.2 Å². The normalized spacial score (nSPS) is 11.6. The Balaban J connectivity index is 1.91. The summed E-state index contributed by atoms with van der Waals surface area (Å²) in [5.41, 5.74) is 5.24. The fourth-order valence-electron chi connectivity index (χ4n) is 3.18. The first-order chi connectivity index (χ1) is 16.3. The second-order valence-electron chi connectivity index (χ2n) is 7.46. The van der Waals surface area contributed by atoms with Gasteiger partial charge >= 0.3 is 0 Å². The number of nitrogens with one attached hydrogen (secondary N) is 1. The molecule has 0 saturated carbocycles. The van der Waals surface area contributed by atoms with E-state index in [9.17, 15) is 13.2 Å². The molecule has 34 heavy (non-hydrogen) atoms. The molecular weight excluding hydrogens is 454 g/mol. The lowest BCUT2D eigenvalue weighted by molar-refractivity contribution is -0.119. The highest BCUT2D eigenvalue weighted by atomic mass is 32.2. The molecule has 0 atom stereocenters. The monoisotopic (exact) mass is 481 g/mol.